The van der Waals surface area contributed by atoms with Crippen LogP contribution in [-0.2, 0) is 4.79 Å². The van der Waals surface area contributed by atoms with Gasteiger partial charge in [0.15, 0.2) is 0 Å². The lowest BCUT2D eigenvalue weighted by Crippen LogP contribution is -2.36. The Kier molecular flexibility index (Phi) is 7.83. The number of aliphatic hydroxyl groups is 1. The average molecular weight is 361 g/mol. The van der Waals surface area contributed by atoms with Crippen molar-refractivity contribution in [3.63, 3.8) is 0 Å². The number of rotatable bonds is 8. The largest absolute Gasteiger partial charge is 0.471 e. The Labute approximate surface area is 144 Å². The molecule has 3 nitrogen and oxygen atoms in total. The fourth-order valence-electron chi connectivity index (χ4n) is 1.83. The SMILES string of the molecule is CCC(O)(CC)CSc1cccc(C=CCNC(=O)C(F)(F)F)c1. The molecule has 1 amide bonds. The molecule has 0 heterocycles. The lowest BCUT2D eigenvalue weighted by molar-refractivity contribution is -0.173. The average Bonchev–Trinajstić information content (AvgIpc) is 2.56. The molecule has 0 aliphatic carbocycles. The Balaban J connectivity index is 2.56. The first-order valence-electron chi connectivity index (χ1n) is 7.67. The van der Waals surface area contributed by atoms with Gasteiger partial charge < -0.3 is 10.4 Å². The van der Waals surface area contributed by atoms with Crippen molar-refractivity contribution in [1.29, 1.82) is 0 Å². The second kappa shape index (κ2) is 9.13. The maximum atomic E-state index is 12.0. The van der Waals surface area contributed by atoms with Gasteiger partial charge in [-0.25, -0.2) is 0 Å². The number of amides is 1. The first-order valence-corrected chi connectivity index (χ1v) is 8.65. The van der Waals surface area contributed by atoms with E-state index in [1.165, 1.54) is 17.8 Å². The summed E-state index contributed by atoms with van der Waals surface area (Å²) in [5.41, 5.74) is 0.121. The van der Waals surface area contributed by atoms with Crippen LogP contribution in [0.3, 0.4) is 0 Å². The molecule has 0 aromatic heterocycles. The van der Waals surface area contributed by atoms with Crippen LogP contribution < -0.4 is 5.32 Å². The first kappa shape index (κ1) is 20.6. The minimum atomic E-state index is -4.86. The number of nitrogens with one attached hydrogen (secondary N) is 1. The van der Waals surface area contributed by atoms with Crippen molar-refractivity contribution in [2.24, 2.45) is 0 Å². The summed E-state index contributed by atoms with van der Waals surface area (Å²) >= 11 is 1.54. The van der Waals surface area contributed by atoms with Crippen LogP contribution in [0.5, 0.6) is 0 Å². The molecule has 1 aromatic carbocycles. The number of benzene rings is 1. The van der Waals surface area contributed by atoms with Gasteiger partial charge in [0.1, 0.15) is 0 Å². The van der Waals surface area contributed by atoms with Gasteiger partial charge in [0.2, 0.25) is 0 Å². The third kappa shape index (κ3) is 6.97. The quantitative estimate of drug-likeness (QED) is 0.688. The van der Waals surface area contributed by atoms with Gasteiger partial charge in [-0.3, -0.25) is 4.79 Å². The molecule has 0 bridgehead atoms. The summed E-state index contributed by atoms with van der Waals surface area (Å²) in [5.74, 6) is -1.37. The van der Waals surface area contributed by atoms with Crippen molar-refractivity contribution < 1.29 is 23.1 Å². The molecule has 7 heteroatoms. The van der Waals surface area contributed by atoms with Crippen molar-refractivity contribution in [3.05, 3.63) is 35.9 Å². The second-order valence-corrected chi connectivity index (χ2v) is 6.45. The molecule has 134 valence electrons. The highest BCUT2D eigenvalue weighted by atomic mass is 32.2. The molecule has 0 saturated heterocycles. The van der Waals surface area contributed by atoms with Crippen molar-refractivity contribution >= 4 is 23.7 Å². The van der Waals surface area contributed by atoms with Crippen LogP contribution in [0.25, 0.3) is 6.08 Å². The number of halogens is 3. The van der Waals surface area contributed by atoms with Gasteiger partial charge in [-0.05, 0) is 30.5 Å². The molecule has 0 radical (unpaired) electrons. The molecule has 2 N–H and O–H groups in total. The van der Waals surface area contributed by atoms with Gasteiger partial charge in [0, 0.05) is 17.2 Å². The Morgan fingerprint density at radius 2 is 1.96 bits per heavy atom. The molecular weight excluding hydrogens is 339 g/mol. The summed E-state index contributed by atoms with van der Waals surface area (Å²) in [5, 5.41) is 12.1. The molecule has 0 unspecified atom stereocenters. The smallest absolute Gasteiger partial charge is 0.389 e. The van der Waals surface area contributed by atoms with E-state index in [1.807, 2.05) is 38.1 Å². The van der Waals surface area contributed by atoms with Crippen LogP contribution in [-0.4, -0.2) is 35.1 Å². The summed E-state index contributed by atoms with van der Waals surface area (Å²) in [4.78, 5) is 11.6. The van der Waals surface area contributed by atoms with E-state index in [9.17, 15) is 23.1 Å². The molecule has 1 rings (SSSR count). The third-order valence-corrected chi connectivity index (χ3v) is 4.90. The van der Waals surface area contributed by atoms with Crippen LogP contribution >= 0.6 is 11.8 Å². The van der Waals surface area contributed by atoms with E-state index in [0.29, 0.717) is 18.6 Å². The number of hydrogen-bond acceptors (Lipinski definition) is 3. The highest BCUT2D eigenvalue weighted by Gasteiger charge is 2.37. The predicted octanol–water partition coefficient (Wildman–Crippen LogP) is 4.02. The molecule has 0 fully saturated rings. The van der Waals surface area contributed by atoms with Crippen LogP contribution in [0.4, 0.5) is 13.2 Å². The Morgan fingerprint density at radius 3 is 2.54 bits per heavy atom. The van der Waals surface area contributed by atoms with Crippen LogP contribution in [0.2, 0.25) is 0 Å². The minimum absolute atomic E-state index is 0.193. The monoisotopic (exact) mass is 361 g/mol. The fraction of sp³-hybridized carbons (Fsp3) is 0.471. The van der Waals surface area contributed by atoms with Crippen LogP contribution in [0.1, 0.15) is 32.3 Å². The van der Waals surface area contributed by atoms with Gasteiger partial charge in [0.05, 0.1) is 5.60 Å². The molecule has 0 aliphatic rings. The number of thioether (sulfide) groups is 1. The van der Waals surface area contributed by atoms with E-state index < -0.39 is 17.7 Å². The van der Waals surface area contributed by atoms with Gasteiger partial charge in [0.25, 0.3) is 0 Å². The molecule has 0 atom stereocenters. The molecule has 0 spiro atoms. The number of alkyl halides is 3. The van der Waals surface area contributed by atoms with E-state index in [1.54, 1.807) is 11.4 Å². The summed E-state index contributed by atoms with van der Waals surface area (Å²) < 4.78 is 36.1. The van der Waals surface area contributed by atoms with E-state index in [0.717, 1.165) is 10.5 Å². The van der Waals surface area contributed by atoms with E-state index in [-0.39, 0.29) is 6.54 Å². The van der Waals surface area contributed by atoms with Crippen molar-refractivity contribution in [3.8, 4) is 0 Å². The zero-order valence-corrected chi connectivity index (χ0v) is 14.5. The molecular formula is C17H22F3NO2S. The lowest BCUT2D eigenvalue weighted by Gasteiger charge is -2.24. The van der Waals surface area contributed by atoms with Crippen molar-refractivity contribution in [1.82, 2.24) is 5.32 Å². The minimum Gasteiger partial charge on any atom is -0.389 e. The van der Waals surface area contributed by atoms with E-state index in [2.05, 4.69) is 0 Å². The highest BCUT2D eigenvalue weighted by molar-refractivity contribution is 7.99. The molecule has 24 heavy (non-hydrogen) atoms. The molecule has 0 saturated carbocycles. The second-order valence-electron chi connectivity index (χ2n) is 5.40. The standard InChI is InChI=1S/C17H22F3NO2S/c1-3-16(23,4-2)12-24-14-9-5-7-13(11-14)8-6-10-21-15(22)17(18,19)20/h5-9,11,23H,3-4,10,12H2,1-2H3,(H,21,22). The number of carbonyl (C=O) groups excluding carboxylic acids is 1. The topological polar surface area (TPSA) is 49.3 Å². The first-order chi connectivity index (χ1) is 11.2. The summed E-state index contributed by atoms with van der Waals surface area (Å²) in [6, 6.07) is 7.46. The van der Waals surface area contributed by atoms with Crippen molar-refractivity contribution in [2.45, 2.75) is 43.4 Å². The molecule has 1 aromatic rings. The van der Waals surface area contributed by atoms with Crippen LogP contribution in [0.15, 0.2) is 35.2 Å². The Bertz CT molecular complexity index is 569. The summed E-state index contributed by atoms with van der Waals surface area (Å²) in [6.45, 7) is 3.69. The van der Waals surface area contributed by atoms with E-state index in [4.69, 9.17) is 0 Å². The molecule has 0 aliphatic heterocycles. The fourth-order valence-corrected chi connectivity index (χ4v) is 3.06. The van der Waals surface area contributed by atoms with Gasteiger partial charge in [-0.1, -0.05) is 38.1 Å². The summed E-state index contributed by atoms with van der Waals surface area (Å²) in [6.07, 6.45) is -0.405. The Morgan fingerprint density at radius 1 is 1.29 bits per heavy atom. The van der Waals surface area contributed by atoms with Gasteiger partial charge in [-0.2, -0.15) is 13.2 Å². The Hall–Kier alpha value is -1.47. The predicted molar refractivity (Wildman–Crippen MR) is 90.8 cm³/mol. The maximum Gasteiger partial charge on any atom is 0.471 e. The van der Waals surface area contributed by atoms with Gasteiger partial charge >= 0.3 is 12.1 Å². The number of carbonyl (C=O) groups is 1. The zero-order chi connectivity index (χ0) is 18.2. The number of hydrogen-bond donors (Lipinski definition) is 2. The van der Waals surface area contributed by atoms with E-state index >= 15 is 0 Å². The van der Waals surface area contributed by atoms with Gasteiger partial charge in [-0.15, -0.1) is 11.8 Å². The van der Waals surface area contributed by atoms with Crippen LogP contribution in [0, 0.1) is 0 Å². The zero-order valence-electron chi connectivity index (χ0n) is 13.7. The summed E-state index contributed by atoms with van der Waals surface area (Å²) in [7, 11) is 0. The normalized spacial score (nSPS) is 12.6. The third-order valence-electron chi connectivity index (χ3n) is 3.63. The maximum absolute atomic E-state index is 12.0. The lowest BCUT2D eigenvalue weighted by atomic mass is 10.0. The highest BCUT2D eigenvalue weighted by Crippen LogP contribution is 2.27. The van der Waals surface area contributed by atoms with Crippen molar-refractivity contribution in [2.75, 3.05) is 12.3 Å².